The maximum atomic E-state index is 13.0. The molecule has 0 aromatic heterocycles. The van der Waals surface area contributed by atoms with Crippen molar-refractivity contribution in [2.75, 3.05) is 11.1 Å². The second-order valence-corrected chi connectivity index (χ2v) is 5.59. The van der Waals surface area contributed by atoms with Crippen molar-refractivity contribution in [1.29, 1.82) is 0 Å². The van der Waals surface area contributed by atoms with Gasteiger partial charge in [-0.05, 0) is 50.6 Å². The average Bonchev–Trinajstić information content (AvgIpc) is 2.49. The number of benzene rings is 2. The van der Waals surface area contributed by atoms with Gasteiger partial charge in [-0.2, -0.15) is 0 Å². The minimum Gasteiger partial charge on any atom is -0.449 e. The van der Waals surface area contributed by atoms with Crippen LogP contribution in [0.5, 0.6) is 0 Å². The molecule has 0 aliphatic heterocycles. The van der Waals surface area contributed by atoms with Crippen molar-refractivity contribution in [2.24, 2.45) is 0 Å². The molecule has 0 fully saturated rings. The van der Waals surface area contributed by atoms with E-state index in [-0.39, 0.29) is 11.3 Å². The number of anilines is 2. The average molecular weight is 330 g/mol. The largest absolute Gasteiger partial charge is 0.449 e. The fourth-order valence-electron chi connectivity index (χ4n) is 2.19. The molecule has 0 spiro atoms. The Morgan fingerprint density at radius 1 is 1.17 bits per heavy atom. The molecule has 0 unspecified atom stereocenters. The van der Waals surface area contributed by atoms with Gasteiger partial charge in [0.1, 0.15) is 5.82 Å². The Bertz CT molecular complexity index is 790. The van der Waals surface area contributed by atoms with Gasteiger partial charge in [0.05, 0.1) is 5.56 Å². The zero-order valence-electron chi connectivity index (χ0n) is 13.7. The Hall–Kier alpha value is -2.89. The number of nitrogen functional groups attached to an aromatic ring is 1. The number of carbonyl (C=O) groups excluding carboxylic acids is 2. The topological polar surface area (TPSA) is 81.4 Å². The summed E-state index contributed by atoms with van der Waals surface area (Å²) in [6.07, 6.45) is -1.03. The van der Waals surface area contributed by atoms with Crippen molar-refractivity contribution < 1.29 is 18.7 Å². The summed E-state index contributed by atoms with van der Waals surface area (Å²) in [5.41, 5.74) is 8.20. The highest BCUT2D eigenvalue weighted by Gasteiger charge is 2.21. The van der Waals surface area contributed by atoms with Crippen LogP contribution in [0.2, 0.25) is 0 Å². The van der Waals surface area contributed by atoms with Crippen LogP contribution in [0.4, 0.5) is 15.8 Å². The Labute approximate surface area is 139 Å². The molecule has 3 N–H and O–H groups in total. The molecule has 6 heteroatoms. The summed E-state index contributed by atoms with van der Waals surface area (Å²) in [7, 11) is 0. The minimum atomic E-state index is -1.03. The summed E-state index contributed by atoms with van der Waals surface area (Å²) in [4.78, 5) is 24.2. The van der Waals surface area contributed by atoms with E-state index in [1.54, 1.807) is 6.07 Å². The first-order valence-electron chi connectivity index (χ1n) is 7.42. The van der Waals surface area contributed by atoms with E-state index >= 15 is 0 Å². The van der Waals surface area contributed by atoms with Crippen LogP contribution in [0.1, 0.15) is 28.4 Å². The fraction of sp³-hybridized carbons (Fsp3) is 0.222. The van der Waals surface area contributed by atoms with Crippen LogP contribution in [0.15, 0.2) is 36.4 Å². The van der Waals surface area contributed by atoms with Crippen molar-refractivity contribution in [1.82, 2.24) is 0 Å². The van der Waals surface area contributed by atoms with E-state index < -0.39 is 23.8 Å². The highest BCUT2D eigenvalue weighted by atomic mass is 19.1. The summed E-state index contributed by atoms with van der Waals surface area (Å²) in [5.74, 6) is -1.79. The van der Waals surface area contributed by atoms with Gasteiger partial charge in [-0.1, -0.05) is 17.7 Å². The second-order valence-electron chi connectivity index (χ2n) is 5.59. The first kappa shape index (κ1) is 17.5. The molecule has 2 aromatic rings. The van der Waals surface area contributed by atoms with Crippen LogP contribution in [0, 0.1) is 19.7 Å². The number of hydrogen-bond acceptors (Lipinski definition) is 4. The third-order valence-electron chi connectivity index (χ3n) is 3.53. The first-order chi connectivity index (χ1) is 11.3. The Kier molecular flexibility index (Phi) is 5.18. The van der Waals surface area contributed by atoms with Crippen LogP contribution in [0.3, 0.4) is 0 Å². The molecule has 0 aliphatic carbocycles. The molecule has 0 bridgehead atoms. The molecule has 0 heterocycles. The molecule has 1 amide bonds. The van der Waals surface area contributed by atoms with Gasteiger partial charge in [0.2, 0.25) is 0 Å². The minimum absolute atomic E-state index is 0.0163. The molecule has 24 heavy (non-hydrogen) atoms. The van der Waals surface area contributed by atoms with Crippen LogP contribution < -0.4 is 11.1 Å². The number of ether oxygens (including phenoxy) is 1. The molecule has 0 aliphatic rings. The zero-order valence-corrected chi connectivity index (χ0v) is 13.7. The lowest BCUT2D eigenvalue weighted by Gasteiger charge is -2.15. The molecule has 1 atom stereocenters. The van der Waals surface area contributed by atoms with Crippen molar-refractivity contribution in [3.63, 3.8) is 0 Å². The number of rotatable bonds is 4. The summed E-state index contributed by atoms with van der Waals surface area (Å²) >= 11 is 0. The zero-order chi connectivity index (χ0) is 17.9. The molecule has 0 saturated heterocycles. The number of nitrogens with one attached hydrogen (secondary N) is 1. The van der Waals surface area contributed by atoms with Crippen LogP contribution in [0.25, 0.3) is 0 Å². The predicted octanol–water partition coefficient (Wildman–Crippen LogP) is 3.21. The van der Waals surface area contributed by atoms with Crippen molar-refractivity contribution in [3.8, 4) is 0 Å². The molecule has 126 valence electrons. The van der Waals surface area contributed by atoms with Gasteiger partial charge < -0.3 is 15.8 Å². The van der Waals surface area contributed by atoms with Gasteiger partial charge in [-0.25, -0.2) is 9.18 Å². The molecule has 2 rings (SSSR count). The van der Waals surface area contributed by atoms with Gasteiger partial charge in [-0.15, -0.1) is 0 Å². The standard InChI is InChI=1S/C18H19FN2O3/c1-10-4-7-16(11(2)8-10)21-17(22)12(3)24-18(23)14-6-5-13(19)9-15(14)20/h4-9,12H,20H2,1-3H3,(H,21,22)/t12-/m1/s1. The van der Waals surface area contributed by atoms with Gasteiger partial charge in [0.25, 0.3) is 5.91 Å². The van der Waals surface area contributed by atoms with Crippen molar-refractivity contribution in [3.05, 3.63) is 58.9 Å². The molecule has 0 saturated carbocycles. The number of halogens is 1. The maximum absolute atomic E-state index is 13.0. The maximum Gasteiger partial charge on any atom is 0.341 e. The number of aryl methyl sites for hydroxylation is 2. The number of carbonyl (C=O) groups is 2. The van der Waals surface area contributed by atoms with Crippen molar-refractivity contribution in [2.45, 2.75) is 26.9 Å². The number of hydrogen-bond donors (Lipinski definition) is 2. The highest BCUT2D eigenvalue weighted by Crippen LogP contribution is 2.18. The fourth-order valence-corrected chi connectivity index (χ4v) is 2.19. The molecule has 5 nitrogen and oxygen atoms in total. The Balaban J connectivity index is 2.04. The molecule has 0 radical (unpaired) electrons. The van der Waals surface area contributed by atoms with E-state index in [2.05, 4.69) is 5.32 Å². The summed E-state index contributed by atoms with van der Waals surface area (Å²) in [6, 6.07) is 8.95. The SMILES string of the molecule is Cc1ccc(NC(=O)[C@@H](C)OC(=O)c2ccc(F)cc2N)c(C)c1. The van der Waals surface area contributed by atoms with Crippen LogP contribution in [-0.2, 0) is 9.53 Å². The van der Waals surface area contributed by atoms with Crippen molar-refractivity contribution >= 4 is 23.3 Å². The second kappa shape index (κ2) is 7.12. The third kappa shape index (κ3) is 4.10. The predicted molar refractivity (Wildman–Crippen MR) is 90.2 cm³/mol. The van der Waals surface area contributed by atoms with Gasteiger partial charge >= 0.3 is 5.97 Å². The summed E-state index contributed by atoms with van der Waals surface area (Å²) in [5, 5.41) is 2.71. The third-order valence-corrected chi connectivity index (χ3v) is 3.53. The summed E-state index contributed by atoms with van der Waals surface area (Å²) < 4.78 is 18.1. The number of esters is 1. The van der Waals surface area contributed by atoms with E-state index in [1.807, 2.05) is 26.0 Å². The normalized spacial score (nSPS) is 11.7. The van der Waals surface area contributed by atoms with Crippen LogP contribution >= 0.6 is 0 Å². The van der Waals surface area contributed by atoms with Gasteiger partial charge in [-0.3, -0.25) is 4.79 Å². The van der Waals surface area contributed by atoms with E-state index in [9.17, 15) is 14.0 Å². The van der Waals surface area contributed by atoms with E-state index in [1.165, 1.54) is 13.0 Å². The van der Waals surface area contributed by atoms with E-state index in [4.69, 9.17) is 10.5 Å². The lowest BCUT2D eigenvalue weighted by Crippen LogP contribution is -2.30. The Morgan fingerprint density at radius 3 is 2.50 bits per heavy atom. The molecular formula is C18H19FN2O3. The molecular weight excluding hydrogens is 311 g/mol. The Morgan fingerprint density at radius 2 is 1.88 bits per heavy atom. The molecule has 2 aromatic carbocycles. The summed E-state index contributed by atoms with van der Waals surface area (Å²) in [6.45, 7) is 5.28. The monoisotopic (exact) mass is 330 g/mol. The number of amides is 1. The number of nitrogens with two attached hydrogens (primary N) is 1. The van der Waals surface area contributed by atoms with Crippen LogP contribution in [-0.4, -0.2) is 18.0 Å². The highest BCUT2D eigenvalue weighted by molar-refractivity contribution is 5.99. The smallest absolute Gasteiger partial charge is 0.341 e. The van der Waals surface area contributed by atoms with Gasteiger partial charge in [0, 0.05) is 11.4 Å². The van der Waals surface area contributed by atoms with Gasteiger partial charge in [0.15, 0.2) is 6.10 Å². The van der Waals surface area contributed by atoms with E-state index in [0.29, 0.717) is 5.69 Å². The quantitative estimate of drug-likeness (QED) is 0.666. The first-order valence-corrected chi connectivity index (χ1v) is 7.42. The lowest BCUT2D eigenvalue weighted by atomic mass is 10.1. The lowest BCUT2D eigenvalue weighted by molar-refractivity contribution is -0.123. The van der Waals surface area contributed by atoms with E-state index in [0.717, 1.165) is 23.3 Å².